The van der Waals surface area contributed by atoms with Gasteiger partial charge in [0.1, 0.15) is 0 Å². The van der Waals surface area contributed by atoms with Gasteiger partial charge in [0, 0.05) is 38.4 Å². The molecule has 5 heteroatoms. The van der Waals surface area contributed by atoms with Gasteiger partial charge < -0.3 is 9.64 Å². The van der Waals surface area contributed by atoms with Crippen LogP contribution in [0.5, 0.6) is 0 Å². The largest absolute Gasteiger partial charge is 0.379 e. The smallest absolute Gasteiger partial charge is 0.222 e. The average molecular weight is 300 g/mol. The fourth-order valence-electron chi connectivity index (χ4n) is 2.86. The number of amides is 1. The van der Waals surface area contributed by atoms with Gasteiger partial charge in [-0.25, -0.2) is 0 Å². The van der Waals surface area contributed by atoms with Crippen LogP contribution in [0.25, 0.3) is 0 Å². The van der Waals surface area contributed by atoms with E-state index in [1.54, 1.807) is 0 Å². The van der Waals surface area contributed by atoms with E-state index in [4.69, 9.17) is 4.74 Å². The van der Waals surface area contributed by atoms with Crippen LogP contribution in [0, 0.1) is 0 Å². The maximum atomic E-state index is 12.4. The van der Waals surface area contributed by atoms with Gasteiger partial charge >= 0.3 is 0 Å². The molecule has 2 heterocycles. The molecular formula is C15H28N2O2S. The summed E-state index contributed by atoms with van der Waals surface area (Å²) in [6, 6.07) is 0.393. The molecule has 2 aliphatic heterocycles. The first-order valence-corrected chi connectivity index (χ1v) is 9.14. The number of unbranched alkanes of at least 4 members (excludes halogenated alkanes) is 1. The van der Waals surface area contributed by atoms with Crippen molar-refractivity contribution in [2.45, 2.75) is 38.6 Å². The van der Waals surface area contributed by atoms with Gasteiger partial charge in [-0.1, -0.05) is 13.3 Å². The van der Waals surface area contributed by atoms with Crippen LogP contribution in [0.4, 0.5) is 0 Å². The van der Waals surface area contributed by atoms with E-state index in [0.717, 1.165) is 70.8 Å². The topological polar surface area (TPSA) is 32.8 Å². The maximum Gasteiger partial charge on any atom is 0.222 e. The Kier molecular flexibility index (Phi) is 7.17. The van der Waals surface area contributed by atoms with Crippen molar-refractivity contribution >= 4 is 17.7 Å². The summed E-state index contributed by atoms with van der Waals surface area (Å²) in [5, 5.41) is 0. The quantitative estimate of drug-likeness (QED) is 0.776. The first kappa shape index (κ1) is 16.1. The standard InChI is InChI=1S/C15H28N2O2S/c1-2-3-5-15(18)17-6-4-11-20-13-14(17)12-16-7-9-19-10-8-16/h14H,2-13H2,1H3. The molecule has 0 bridgehead atoms. The molecular weight excluding hydrogens is 272 g/mol. The summed E-state index contributed by atoms with van der Waals surface area (Å²) in [6.07, 6.45) is 3.98. The zero-order chi connectivity index (χ0) is 14.2. The molecule has 2 rings (SSSR count). The van der Waals surface area contributed by atoms with Crippen LogP contribution in [-0.4, -0.2) is 72.6 Å². The Balaban J connectivity index is 1.91. The van der Waals surface area contributed by atoms with Gasteiger partial charge in [-0.3, -0.25) is 9.69 Å². The van der Waals surface area contributed by atoms with E-state index in [-0.39, 0.29) is 0 Å². The Morgan fingerprint density at radius 3 is 2.85 bits per heavy atom. The molecule has 4 nitrogen and oxygen atoms in total. The van der Waals surface area contributed by atoms with Gasteiger partial charge in [0.2, 0.25) is 5.91 Å². The van der Waals surface area contributed by atoms with Crippen molar-refractivity contribution < 1.29 is 9.53 Å². The molecule has 1 atom stereocenters. The van der Waals surface area contributed by atoms with E-state index in [2.05, 4.69) is 16.7 Å². The zero-order valence-corrected chi connectivity index (χ0v) is 13.5. The molecule has 2 saturated heterocycles. The zero-order valence-electron chi connectivity index (χ0n) is 12.7. The Labute approximate surface area is 127 Å². The number of nitrogens with zero attached hydrogens (tertiary/aromatic N) is 2. The summed E-state index contributed by atoms with van der Waals surface area (Å²) < 4.78 is 5.41. The highest BCUT2D eigenvalue weighted by molar-refractivity contribution is 7.99. The van der Waals surface area contributed by atoms with Crippen molar-refractivity contribution in [2.24, 2.45) is 0 Å². The van der Waals surface area contributed by atoms with Crippen LogP contribution in [0.15, 0.2) is 0 Å². The lowest BCUT2D eigenvalue weighted by Gasteiger charge is -2.35. The molecule has 1 amide bonds. The molecule has 0 spiro atoms. The predicted octanol–water partition coefficient (Wildman–Crippen LogP) is 1.84. The molecule has 1 unspecified atom stereocenters. The summed E-state index contributed by atoms with van der Waals surface area (Å²) >= 11 is 2.01. The van der Waals surface area contributed by atoms with Crippen LogP contribution >= 0.6 is 11.8 Å². The van der Waals surface area contributed by atoms with E-state index in [0.29, 0.717) is 11.9 Å². The monoisotopic (exact) mass is 300 g/mol. The van der Waals surface area contributed by atoms with Gasteiger partial charge in [-0.2, -0.15) is 11.8 Å². The number of hydrogen-bond acceptors (Lipinski definition) is 4. The first-order valence-electron chi connectivity index (χ1n) is 7.98. The Morgan fingerprint density at radius 1 is 1.30 bits per heavy atom. The second kappa shape index (κ2) is 8.90. The van der Waals surface area contributed by atoms with Crippen molar-refractivity contribution in [3.05, 3.63) is 0 Å². The minimum absolute atomic E-state index is 0.368. The van der Waals surface area contributed by atoms with Gasteiger partial charge in [0.05, 0.1) is 19.3 Å². The third kappa shape index (κ3) is 4.93. The van der Waals surface area contributed by atoms with Gasteiger partial charge in [-0.15, -0.1) is 0 Å². The number of ether oxygens (including phenoxy) is 1. The number of rotatable bonds is 5. The lowest BCUT2D eigenvalue weighted by Crippen LogP contribution is -2.50. The fourth-order valence-corrected chi connectivity index (χ4v) is 3.92. The Hall–Kier alpha value is -0.260. The molecule has 116 valence electrons. The van der Waals surface area contributed by atoms with Crippen LogP contribution in [0.1, 0.15) is 32.6 Å². The maximum absolute atomic E-state index is 12.4. The Bertz CT molecular complexity index is 296. The molecule has 2 fully saturated rings. The van der Waals surface area contributed by atoms with Crippen molar-refractivity contribution in [1.29, 1.82) is 0 Å². The van der Waals surface area contributed by atoms with Crippen LogP contribution in [0.3, 0.4) is 0 Å². The Morgan fingerprint density at radius 2 is 2.10 bits per heavy atom. The second-order valence-corrected chi connectivity index (χ2v) is 6.84. The number of carbonyl (C=O) groups excluding carboxylic acids is 1. The second-order valence-electron chi connectivity index (χ2n) is 5.69. The minimum atomic E-state index is 0.368. The highest BCUT2D eigenvalue weighted by atomic mass is 32.2. The van der Waals surface area contributed by atoms with E-state index in [1.165, 1.54) is 5.75 Å². The summed E-state index contributed by atoms with van der Waals surface area (Å²) in [4.78, 5) is 17.1. The lowest BCUT2D eigenvalue weighted by atomic mass is 10.1. The van der Waals surface area contributed by atoms with Crippen LogP contribution in [0.2, 0.25) is 0 Å². The first-order chi connectivity index (χ1) is 9.81. The van der Waals surface area contributed by atoms with Gasteiger partial charge in [-0.05, 0) is 18.6 Å². The lowest BCUT2D eigenvalue weighted by molar-refractivity contribution is -0.133. The highest BCUT2D eigenvalue weighted by Gasteiger charge is 2.27. The molecule has 0 aromatic rings. The minimum Gasteiger partial charge on any atom is -0.379 e. The van der Waals surface area contributed by atoms with Crippen LogP contribution < -0.4 is 0 Å². The van der Waals surface area contributed by atoms with E-state index >= 15 is 0 Å². The molecule has 0 radical (unpaired) electrons. The third-order valence-corrected chi connectivity index (χ3v) is 5.27. The van der Waals surface area contributed by atoms with Crippen molar-refractivity contribution in [3.63, 3.8) is 0 Å². The summed E-state index contributed by atoms with van der Waals surface area (Å²) in [6.45, 7) is 7.82. The summed E-state index contributed by atoms with van der Waals surface area (Å²) in [5.74, 6) is 2.65. The molecule has 0 aromatic carbocycles. The SMILES string of the molecule is CCCCC(=O)N1CCCSCC1CN1CCOCC1. The predicted molar refractivity (Wildman–Crippen MR) is 84.2 cm³/mol. The average Bonchev–Trinajstić information content (AvgIpc) is 2.71. The normalized spacial score (nSPS) is 25.4. The molecule has 0 saturated carbocycles. The van der Waals surface area contributed by atoms with Crippen molar-refractivity contribution in [1.82, 2.24) is 9.80 Å². The molecule has 0 aliphatic carbocycles. The van der Waals surface area contributed by atoms with Crippen molar-refractivity contribution in [2.75, 3.05) is 50.9 Å². The van der Waals surface area contributed by atoms with Gasteiger partial charge in [0.15, 0.2) is 0 Å². The highest BCUT2D eigenvalue weighted by Crippen LogP contribution is 2.19. The van der Waals surface area contributed by atoms with E-state index in [1.807, 2.05) is 11.8 Å². The number of thioether (sulfide) groups is 1. The molecule has 0 aromatic heterocycles. The van der Waals surface area contributed by atoms with E-state index < -0.39 is 0 Å². The van der Waals surface area contributed by atoms with Crippen molar-refractivity contribution in [3.8, 4) is 0 Å². The number of carbonyl (C=O) groups is 1. The molecule has 0 N–H and O–H groups in total. The summed E-state index contributed by atoms with van der Waals surface area (Å²) in [5.41, 5.74) is 0. The molecule has 20 heavy (non-hydrogen) atoms. The fraction of sp³-hybridized carbons (Fsp3) is 0.933. The summed E-state index contributed by atoms with van der Waals surface area (Å²) in [7, 11) is 0. The third-order valence-electron chi connectivity index (χ3n) is 4.08. The van der Waals surface area contributed by atoms with Crippen LogP contribution in [-0.2, 0) is 9.53 Å². The van der Waals surface area contributed by atoms with Gasteiger partial charge in [0.25, 0.3) is 0 Å². The number of hydrogen-bond donors (Lipinski definition) is 0. The number of morpholine rings is 1. The molecule has 2 aliphatic rings. The van der Waals surface area contributed by atoms with E-state index in [9.17, 15) is 4.79 Å².